The van der Waals surface area contributed by atoms with Crippen molar-refractivity contribution in [2.75, 3.05) is 19.0 Å². The summed E-state index contributed by atoms with van der Waals surface area (Å²) in [5.74, 6) is -0.530. The molecule has 2 N–H and O–H groups in total. The lowest BCUT2D eigenvalue weighted by atomic mass is 10.2. The molecule has 0 spiro atoms. The topological polar surface area (TPSA) is 89.0 Å². The predicted octanol–water partition coefficient (Wildman–Crippen LogP) is 4.35. The number of nitrogens with zero attached hydrogens (tertiary/aromatic N) is 1. The molecular formula is C20H19BrF3N3O4. The highest BCUT2D eigenvalue weighted by Crippen LogP contribution is 2.36. The number of carbonyl (C=O) groups excluding carboxylic acids is 2. The number of halogens is 4. The van der Waals surface area contributed by atoms with Crippen molar-refractivity contribution in [1.82, 2.24) is 5.43 Å². The summed E-state index contributed by atoms with van der Waals surface area (Å²) in [6.45, 7) is 2.24. The molecule has 0 radical (unpaired) electrons. The highest BCUT2D eigenvalue weighted by atomic mass is 79.9. The Labute approximate surface area is 184 Å². The fourth-order valence-electron chi connectivity index (χ4n) is 2.47. The van der Waals surface area contributed by atoms with Crippen molar-refractivity contribution >= 4 is 39.6 Å². The Morgan fingerprint density at radius 3 is 2.58 bits per heavy atom. The largest absolute Gasteiger partial charge is 0.492 e. The average molecular weight is 502 g/mol. The third kappa shape index (κ3) is 7.28. The first kappa shape index (κ1) is 24.2. The predicted molar refractivity (Wildman–Crippen MR) is 112 cm³/mol. The Bertz CT molecular complexity index is 981. The van der Waals surface area contributed by atoms with E-state index in [1.807, 2.05) is 6.92 Å². The quantitative estimate of drug-likeness (QED) is 0.319. The van der Waals surface area contributed by atoms with Gasteiger partial charge >= 0.3 is 6.18 Å². The molecule has 0 fully saturated rings. The van der Waals surface area contributed by atoms with E-state index >= 15 is 0 Å². The molecule has 166 valence electrons. The van der Waals surface area contributed by atoms with Gasteiger partial charge in [0.1, 0.15) is 6.42 Å². The van der Waals surface area contributed by atoms with Crippen LogP contribution in [0.1, 0.15) is 24.5 Å². The Hall–Kier alpha value is -3.08. The molecule has 0 saturated heterocycles. The second-order valence-corrected chi connectivity index (χ2v) is 6.92. The SMILES string of the molecule is CCOc1cc(C=NNC(=O)CC(=O)Nc2cccc(C(F)(F)F)c2)cc(Br)c1OC. The van der Waals surface area contributed by atoms with Gasteiger partial charge in [-0.25, -0.2) is 5.43 Å². The number of anilines is 1. The number of amides is 2. The number of alkyl halides is 3. The van der Waals surface area contributed by atoms with Crippen LogP contribution < -0.4 is 20.2 Å². The van der Waals surface area contributed by atoms with Crippen molar-refractivity contribution < 1.29 is 32.2 Å². The minimum Gasteiger partial charge on any atom is -0.492 e. The van der Waals surface area contributed by atoms with Crippen LogP contribution in [0.25, 0.3) is 0 Å². The molecule has 0 bridgehead atoms. The molecule has 2 aromatic carbocycles. The molecular weight excluding hydrogens is 483 g/mol. The van der Waals surface area contributed by atoms with E-state index in [1.165, 1.54) is 19.4 Å². The number of hydrogen-bond acceptors (Lipinski definition) is 5. The zero-order valence-electron chi connectivity index (χ0n) is 16.5. The number of nitrogens with one attached hydrogen (secondary N) is 2. The van der Waals surface area contributed by atoms with Crippen LogP contribution >= 0.6 is 15.9 Å². The summed E-state index contributed by atoms with van der Waals surface area (Å²) in [4.78, 5) is 23.8. The fourth-order valence-corrected chi connectivity index (χ4v) is 3.09. The van der Waals surface area contributed by atoms with Gasteiger partial charge in [0.25, 0.3) is 0 Å². The van der Waals surface area contributed by atoms with Crippen LogP contribution in [-0.2, 0) is 15.8 Å². The minimum atomic E-state index is -4.54. The number of ether oxygens (including phenoxy) is 2. The second kappa shape index (κ2) is 10.8. The molecule has 2 amide bonds. The van der Waals surface area contributed by atoms with Crippen molar-refractivity contribution in [1.29, 1.82) is 0 Å². The second-order valence-electron chi connectivity index (χ2n) is 6.06. The number of carbonyl (C=O) groups is 2. The molecule has 11 heteroatoms. The van der Waals surface area contributed by atoms with E-state index in [0.717, 1.165) is 18.2 Å². The van der Waals surface area contributed by atoms with E-state index < -0.39 is 30.0 Å². The third-order valence-corrected chi connectivity index (χ3v) is 4.32. The van der Waals surface area contributed by atoms with E-state index in [0.29, 0.717) is 28.1 Å². The Morgan fingerprint density at radius 2 is 1.94 bits per heavy atom. The first-order chi connectivity index (χ1) is 14.6. The Balaban J connectivity index is 1.95. The number of methoxy groups -OCH3 is 1. The summed E-state index contributed by atoms with van der Waals surface area (Å²) in [6.07, 6.45) is -3.81. The lowest BCUT2D eigenvalue weighted by Gasteiger charge is -2.11. The lowest BCUT2D eigenvalue weighted by molar-refractivity contribution is -0.137. The van der Waals surface area contributed by atoms with Crippen molar-refractivity contribution in [3.8, 4) is 11.5 Å². The van der Waals surface area contributed by atoms with Crippen LogP contribution in [0.15, 0.2) is 46.0 Å². The molecule has 7 nitrogen and oxygen atoms in total. The monoisotopic (exact) mass is 501 g/mol. The summed E-state index contributed by atoms with van der Waals surface area (Å²) in [7, 11) is 1.50. The van der Waals surface area contributed by atoms with E-state index in [9.17, 15) is 22.8 Å². The molecule has 0 aliphatic heterocycles. The molecule has 2 aromatic rings. The van der Waals surface area contributed by atoms with Gasteiger partial charge in [-0.3, -0.25) is 9.59 Å². The van der Waals surface area contributed by atoms with Crippen LogP contribution in [0.5, 0.6) is 11.5 Å². The number of hydrogen-bond donors (Lipinski definition) is 2. The fraction of sp³-hybridized carbons (Fsp3) is 0.250. The van der Waals surface area contributed by atoms with Crippen molar-refractivity contribution in [2.45, 2.75) is 19.5 Å². The lowest BCUT2D eigenvalue weighted by Crippen LogP contribution is -2.24. The van der Waals surface area contributed by atoms with Crippen LogP contribution in [0, 0.1) is 0 Å². The zero-order valence-corrected chi connectivity index (χ0v) is 18.1. The molecule has 0 unspecified atom stereocenters. The standard InChI is InChI=1S/C20H19BrF3N3O4/c1-3-31-16-8-12(7-15(21)19(16)30-2)11-25-27-18(29)10-17(28)26-14-6-4-5-13(9-14)20(22,23)24/h4-9,11H,3,10H2,1-2H3,(H,26,28)(H,27,29). The highest BCUT2D eigenvalue weighted by Gasteiger charge is 2.30. The van der Waals surface area contributed by atoms with E-state index in [1.54, 1.807) is 12.1 Å². The maximum absolute atomic E-state index is 12.7. The molecule has 0 aliphatic carbocycles. The van der Waals surface area contributed by atoms with Crippen LogP contribution in [0.3, 0.4) is 0 Å². The molecule has 0 atom stereocenters. The highest BCUT2D eigenvalue weighted by molar-refractivity contribution is 9.10. The molecule has 31 heavy (non-hydrogen) atoms. The van der Waals surface area contributed by atoms with Gasteiger partial charge in [-0.05, 0) is 58.7 Å². The van der Waals surface area contributed by atoms with Gasteiger partial charge in [0.15, 0.2) is 11.5 Å². The maximum atomic E-state index is 12.7. The summed E-state index contributed by atoms with van der Waals surface area (Å²) < 4.78 is 49.5. The van der Waals surface area contributed by atoms with E-state index in [-0.39, 0.29) is 5.69 Å². The molecule has 0 aromatic heterocycles. The third-order valence-electron chi connectivity index (χ3n) is 3.73. The number of rotatable bonds is 8. The normalized spacial score (nSPS) is 11.3. The minimum absolute atomic E-state index is 0.0670. The van der Waals surface area contributed by atoms with Crippen LogP contribution in [0.4, 0.5) is 18.9 Å². The summed E-state index contributed by atoms with van der Waals surface area (Å²) >= 11 is 3.35. The smallest absolute Gasteiger partial charge is 0.416 e. The number of benzene rings is 2. The van der Waals surface area contributed by atoms with Crippen LogP contribution in [0.2, 0.25) is 0 Å². The summed E-state index contributed by atoms with van der Waals surface area (Å²) in [5, 5.41) is 6.02. The zero-order chi connectivity index (χ0) is 23.0. The Kier molecular flexibility index (Phi) is 8.43. The van der Waals surface area contributed by atoms with Gasteiger partial charge in [-0.2, -0.15) is 18.3 Å². The molecule has 0 saturated carbocycles. The molecule has 0 aliphatic rings. The summed E-state index contributed by atoms with van der Waals surface area (Å²) in [6, 6.07) is 7.46. The van der Waals surface area contributed by atoms with Crippen molar-refractivity contribution in [3.63, 3.8) is 0 Å². The first-order valence-electron chi connectivity index (χ1n) is 8.93. The Morgan fingerprint density at radius 1 is 1.19 bits per heavy atom. The van der Waals surface area contributed by atoms with E-state index in [4.69, 9.17) is 9.47 Å². The molecule has 2 rings (SSSR count). The van der Waals surface area contributed by atoms with Gasteiger partial charge in [0.05, 0.1) is 30.0 Å². The van der Waals surface area contributed by atoms with Gasteiger partial charge < -0.3 is 14.8 Å². The van der Waals surface area contributed by atoms with E-state index in [2.05, 4.69) is 31.8 Å². The van der Waals surface area contributed by atoms with Crippen LogP contribution in [-0.4, -0.2) is 31.7 Å². The van der Waals surface area contributed by atoms with Gasteiger partial charge in [-0.15, -0.1) is 0 Å². The number of hydrazone groups is 1. The van der Waals surface area contributed by atoms with Crippen molar-refractivity contribution in [2.24, 2.45) is 5.10 Å². The van der Waals surface area contributed by atoms with Crippen molar-refractivity contribution in [3.05, 3.63) is 52.0 Å². The first-order valence-corrected chi connectivity index (χ1v) is 9.72. The summed E-state index contributed by atoms with van der Waals surface area (Å²) in [5.41, 5.74) is 1.80. The van der Waals surface area contributed by atoms with Gasteiger partial charge in [-0.1, -0.05) is 6.07 Å². The maximum Gasteiger partial charge on any atom is 0.416 e. The van der Waals surface area contributed by atoms with Gasteiger partial charge in [0.2, 0.25) is 11.8 Å². The average Bonchev–Trinajstić information content (AvgIpc) is 2.67. The van der Waals surface area contributed by atoms with Gasteiger partial charge in [0, 0.05) is 5.69 Å². The molecule has 0 heterocycles.